The second-order valence-electron chi connectivity index (χ2n) is 8.39. The van der Waals surface area contributed by atoms with Gasteiger partial charge < -0.3 is 10.2 Å². The monoisotopic (exact) mass is 391 g/mol. The molecule has 29 heavy (non-hydrogen) atoms. The van der Waals surface area contributed by atoms with Crippen molar-refractivity contribution < 1.29 is 9.59 Å². The van der Waals surface area contributed by atoms with Gasteiger partial charge in [0.1, 0.15) is 0 Å². The normalized spacial score (nSPS) is 21.6. The molecule has 1 aromatic heterocycles. The minimum Gasteiger partial charge on any atom is -0.356 e. The zero-order chi connectivity index (χ0) is 20.3. The van der Waals surface area contributed by atoms with Crippen molar-refractivity contribution in [3.63, 3.8) is 0 Å². The number of hydrogen-bond acceptors (Lipinski definition) is 3. The van der Waals surface area contributed by atoms with E-state index < -0.39 is 5.41 Å². The molecule has 2 aromatic rings. The van der Waals surface area contributed by atoms with Crippen molar-refractivity contribution in [2.45, 2.75) is 39.0 Å². The van der Waals surface area contributed by atoms with Crippen LogP contribution in [0.25, 0.3) is 11.1 Å². The van der Waals surface area contributed by atoms with E-state index in [1.165, 1.54) is 0 Å². The number of carbonyl (C=O) groups excluding carboxylic acids is 2. The number of amides is 2. The molecule has 152 valence electrons. The fourth-order valence-corrected chi connectivity index (χ4v) is 4.47. The van der Waals surface area contributed by atoms with Gasteiger partial charge in [-0.1, -0.05) is 36.8 Å². The Balaban J connectivity index is 1.52. The molecule has 0 unspecified atom stereocenters. The van der Waals surface area contributed by atoms with Crippen molar-refractivity contribution in [3.05, 3.63) is 54.4 Å². The molecule has 1 atom stereocenters. The standard InChI is InChI=1S/C24H29N3O2/c1-2-26-23(29)24(12-14-27(17-24)22(28)20-5-3-6-20)15-18-8-10-19(11-9-18)21-7-4-13-25-16-21/h4,7-11,13,16,20H,2-3,5-6,12,14-15,17H2,1H3,(H,26,29)/t24-/m1/s1. The smallest absolute Gasteiger partial charge is 0.228 e. The van der Waals surface area contributed by atoms with Crippen molar-refractivity contribution in [1.82, 2.24) is 15.2 Å². The van der Waals surface area contributed by atoms with Crippen LogP contribution in [0, 0.1) is 11.3 Å². The van der Waals surface area contributed by atoms with Crippen LogP contribution in [0.4, 0.5) is 0 Å². The molecule has 0 radical (unpaired) electrons. The molecular formula is C24H29N3O2. The van der Waals surface area contributed by atoms with Crippen LogP contribution in [0.2, 0.25) is 0 Å². The Hall–Kier alpha value is -2.69. The quantitative estimate of drug-likeness (QED) is 0.820. The molecule has 2 fully saturated rings. The lowest BCUT2D eigenvalue weighted by molar-refractivity contribution is -0.138. The minimum atomic E-state index is -0.536. The summed E-state index contributed by atoms with van der Waals surface area (Å²) in [6, 6.07) is 12.3. The van der Waals surface area contributed by atoms with Crippen LogP contribution in [0.15, 0.2) is 48.8 Å². The molecule has 5 heteroatoms. The topological polar surface area (TPSA) is 62.3 Å². The highest BCUT2D eigenvalue weighted by atomic mass is 16.2. The SMILES string of the molecule is CCNC(=O)[C@@]1(Cc2ccc(-c3cccnc3)cc2)CCN(C(=O)C2CCC2)C1. The molecule has 0 spiro atoms. The third-order valence-corrected chi connectivity index (χ3v) is 6.43. The maximum absolute atomic E-state index is 13.0. The number of nitrogens with one attached hydrogen (secondary N) is 1. The van der Waals surface area contributed by atoms with E-state index in [0.29, 0.717) is 26.1 Å². The molecule has 4 rings (SSSR count). The number of aromatic nitrogens is 1. The fourth-order valence-electron chi connectivity index (χ4n) is 4.47. The number of carbonyl (C=O) groups is 2. The Morgan fingerprint density at radius 2 is 1.97 bits per heavy atom. The summed E-state index contributed by atoms with van der Waals surface area (Å²) in [4.78, 5) is 31.9. The summed E-state index contributed by atoms with van der Waals surface area (Å²) in [7, 11) is 0. The summed E-state index contributed by atoms with van der Waals surface area (Å²) in [6.07, 6.45) is 8.15. The number of hydrogen-bond donors (Lipinski definition) is 1. The lowest BCUT2D eigenvalue weighted by atomic mass is 9.79. The van der Waals surface area contributed by atoms with Gasteiger partial charge in [-0.15, -0.1) is 0 Å². The highest BCUT2D eigenvalue weighted by Gasteiger charge is 2.47. The van der Waals surface area contributed by atoms with Crippen molar-refractivity contribution >= 4 is 11.8 Å². The number of pyridine rings is 1. The molecule has 1 aromatic carbocycles. The Morgan fingerprint density at radius 1 is 1.17 bits per heavy atom. The van der Waals surface area contributed by atoms with Crippen LogP contribution in [0.5, 0.6) is 0 Å². The molecule has 1 aliphatic heterocycles. The van der Waals surface area contributed by atoms with Gasteiger partial charge >= 0.3 is 0 Å². The fraction of sp³-hybridized carbons (Fsp3) is 0.458. The summed E-state index contributed by atoms with van der Waals surface area (Å²) in [6.45, 7) is 3.76. The van der Waals surface area contributed by atoms with Gasteiger partial charge in [0.15, 0.2) is 0 Å². The molecule has 2 amide bonds. The van der Waals surface area contributed by atoms with Crippen LogP contribution in [0.1, 0.15) is 38.2 Å². The van der Waals surface area contributed by atoms with Gasteiger partial charge in [0.2, 0.25) is 11.8 Å². The van der Waals surface area contributed by atoms with Crippen molar-refractivity contribution in [2.75, 3.05) is 19.6 Å². The summed E-state index contributed by atoms with van der Waals surface area (Å²) < 4.78 is 0. The van der Waals surface area contributed by atoms with E-state index in [2.05, 4.69) is 34.6 Å². The zero-order valence-electron chi connectivity index (χ0n) is 17.1. The third kappa shape index (κ3) is 4.04. The Labute approximate surface area is 172 Å². The van der Waals surface area contributed by atoms with Gasteiger partial charge in [-0.2, -0.15) is 0 Å². The largest absolute Gasteiger partial charge is 0.356 e. The first kappa shape index (κ1) is 19.6. The maximum Gasteiger partial charge on any atom is 0.228 e. The molecule has 2 aliphatic rings. The first-order valence-corrected chi connectivity index (χ1v) is 10.7. The van der Waals surface area contributed by atoms with Gasteiger partial charge in [0.05, 0.1) is 5.41 Å². The van der Waals surface area contributed by atoms with Crippen LogP contribution in [0.3, 0.4) is 0 Å². The number of likely N-dealkylation sites (tertiary alicyclic amines) is 1. The maximum atomic E-state index is 13.0. The Kier molecular flexibility index (Phi) is 5.65. The van der Waals surface area contributed by atoms with Crippen LogP contribution in [-0.2, 0) is 16.0 Å². The van der Waals surface area contributed by atoms with Crippen LogP contribution >= 0.6 is 0 Å². The number of rotatable bonds is 6. The zero-order valence-corrected chi connectivity index (χ0v) is 17.1. The van der Waals surface area contributed by atoms with Crippen molar-refractivity contribution in [2.24, 2.45) is 11.3 Å². The van der Waals surface area contributed by atoms with E-state index >= 15 is 0 Å². The third-order valence-electron chi connectivity index (χ3n) is 6.43. The summed E-state index contributed by atoms with van der Waals surface area (Å²) in [5, 5.41) is 3.02. The number of nitrogens with zero attached hydrogens (tertiary/aromatic N) is 2. The second-order valence-corrected chi connectivity index (χ2v) is 8.39. The number of benzene rings is 1. The van der Waals surface area contributed by atoms with E-state index in [1.807, 2.05) is 30.2 Å². The lowest BCUT2D eigenvalue weighted by Crippen LogP contribution is -2.46. The highest BCUT2D eigenvalue weighted by Crippen LogP contribution is 2.38. The van der Waals surface area contributed by atoms with E-state index in [1.54, 1.807) is 6.20 Å². The summed E-state index contributed by atoms with van der Waals surface area (Å²) in [5.74, 6) is 0.494. The average Bonchev–Trinajstić information content (AvgIpc) is 3.14. The second kappa shape index (κ2) is 8.36. The van der Waals surface area contributed by atoms with Crippen molar-refractivity contribution in [3.8, 4) is 11.1 Å². The molecule has 1 saturated heterocycles. The summed E-state index contributed by atoms with van der Waals surface area (Å²) >= 11 is 0. The minimum absolute atomic E-state index is 0.0697. The predicted octanol–water partition coefficient (Wildman–Crippen LogP) is 3.45. The molecule has 2 heterocycles. The van der Waals surface area contributed by atoms with Gasteiger partial charge in [-0.3, -0.25) is 14.6 Å². The van der Waals surface area contributed by atoms with Crippen LogP contribution in [-0.4, -0.2) is 41.3 Å². The van der Waals surface area contributed by atoms with Crippen LogP contribution < -0.4 is 5.32 Å². The van der Waals surface area contributed by atoms with E-state index in [9.17, 15) is 9.59 Å². The highest BCUT2D eigenvalue weighted by molar-refractivity contribution is 5.86. The van der Waals surface area contributed by atoms with Crippen molar-refractivity contribution in [1.29, 1.82) is 0 Å². The molecule has 1 saturated carbocycles. The molecular weight excluding hydrogens is 362 g/mol. The molecule has 1 N–H and O–H groups in total. The average molecular weight is 392 g/mol. The van der Waals surface area contributed by atoms with Gasteiger partial charge in [0.25, 0.3) is 0 Å². The van der Waals surface area contributed by atoms with Gasteiger partial charge in [-0.05, 0) is 55.4 Å². The predicted molar refractivity (Wildman–Crippen MR) is 113 cm³/mol. The first-order chi connectivity index (χ1) is 14.1. The Bertz CT molecular complexity index is 861. The first-order valence-electron chi connectivity index (χ1n) is 10.7. The van der Waals surface area contributed by atoms with E-state index in [-0.39, 0.29) is 17.7 Å². The molecule has 1 aliphatic carbocycles. The lowest BCUT2D eigenvalue weighted by Gasteiger charge is -2.31. The van der Waals surface area contributed by atoms with E-state index in [4.69, 9.17) is 0 Å². The van der Waals surface area contributed by atoms with Gasteiger partial charge in [-0.25, -0.2) is 0 Å². The Morgan fingerprint density at radius 3 is 2.59 bits per heavy atom. The molecule has 0 bridgehead atoms. The van der Waals surface area contributed by atoms with Gasteiger partial charge in [0, 0.05) is 37.9 Å². The molecule has 5 nitrogen and oxygen atoms in total. The summed E-state index contributed by atoms with van der Waals surface area (Å²) in [5.41, 5.74) is 2.78. The van der Waals surface area contributed by atoms with E-state index in [0.717, 1.165) is 42.4 Å².